The molecule has 9 heteroatoms. The second-order valence-corrected chi connectivity index (χ2v) is 5.74. The smallest absolute Gasteiger partial charge is 0.267 e. The van der Waals surface area contributed by atoms with Crippen molar-refractivity contribution >= 4 is 11.6 Å². The Balaban J connectivity index is 1.60. The molecule has 0 aliphatic carbocycles. The Kier molecular flexibility index (Phi) is 4.75. The molecule has 0 N–H and O–H groups in total. The van der Waals surface area contributed by atoms with E-state index in [0.29, 0.717) is 35.5 Å². The van der Waals surface area contributed by atoms with Crippen molar-refractivity contribution in [1.82, 2.24) is 29.9 Å². The molecule has 0 saturated carbocycles. The maximum absolute atomic E-state index is 5.75. The zero-order valence-corrected chi connectivity index (χ0v) is 14.4. The van der Waals surface area contributed by atoms with E-state index in [-0.39, 0.29) is 6.10 Å². The van der Waals surface area contributed by atoms with Gasteiger partial charge in [0.1, 0.15) is 22.6 Å². The predicted molar refractivity (Wildman–Crippen MR) is 85.7 cm³/mol. The van der Waals surface area contributed by atoms with Crippen LogP contribution in [0.25, 0.3) is 0 Å². The number of rotatable bonds is 6. The highest BCUT2D eigenvalue weighted by Gasteiger charge is 2.17. The summed E-state index contributed by atoms with van der Waals surface area (Å²) in [6.07, 6.45) is 2.47. The molecule has 3 aromatic rings. The van der Waals surface area contributed by atoms with E-state index in [1.54, 1.807) is 18.3 Å². The summed E-state index contributed by atoms with van der Waals surface area (Å²) in [5.74, 6) is 3.36. The molecule has 0 spiro atoms. The predicted octanol–water partition coefficient (Wildman–Crippen LogP) is 2.48. The standard InChI is InChI=1S/C15H17ClN6O2/c1-9(23-11-4-5-12(16)17-8-11)15-18-13(21-24-15)6-7-14-20-19-10(2)22(14)3/h4-5,8-9H,6-7H2,1-3H3/t9-/m0/s1. The van der Waals surface area contributed by atoms with Crippen molar-refractivity contribution in [2.24, 2.45) is 7.05 Å². The van der Waals surface area contributed by atoms with E-state index in [0.717, 1.165) is 11.6 Å². The van der Waals surface area contributed by atoms with Gasteiger partial charge >= 0.3 is 0 Å². The molecule has 0 bridgehead atoms. The van der Waals surface area contributed by atoms with Crippen LogP contribution in [0.4, 0.5) is 0 Å². The number of nitrogens with zero attached hydrogens (tertiary/aromatic N) is 6. The second kappa shape index (κ2) is 6.96. The molecule has 0 aromatic carbocycles. The summed E-state index contributed by atoms with van der Waals surface area (Å²) in [6.45, 7) is 3.74. The molecule has 0 radical (unpaired) electrons. The Hall–Kier alpha value is -2.48. The van der Waals surface area contributed by atoms with Crippen LogP contribution in [0.1, 0.15) is 36.4 Å². The van der Waals surface area contributed by atoms with Crippen molar-refractivity contribution in [2.45, 2.75) is 32.8 Å². The fourth-order valence-electron chi connectivity index (χ4n) is 2.11. The zero-order chi connectivity index (χ0) is 17.1. The van der Waals surface area contributed by atoms with Crippen molar-refractivity contribution in [3.63, 3.8) is 0 Å². The van der Waals surface area contributed by atoms with E-state index in [1.165, 1.54) is 0 Å². The first kappa shape index (κ1) is 16.4. The number of hydrogen-bond acceptors (Lipinski definition) is 7. The maximum Gasteiger partial charge on any atom is 0.267 e. The van der Waals surface area contributed by atoms with E-state index in [2.05, 4.69) is 25.3 Å². The van der Waals surface area contributed by atoms with Gasteiger partial charge in [-0.3, -0.25) is 0 Å². The SMILES string of the molecule is Cc1nnc(CCc2noc([C@H](C)Oc3ccc(Cl)nc3)n2)n1C. The van der Waals surface area contributed by atoms with Gasteiger partial charge in [0.2, 0.25) is 0 Å². The molecule has 3 rings (SSSR count). The Morgan fingerprint density at radius 2 is 2.12 bits per heavy atom. The largest absolute Gasteiger partial charge is 0.479 e. The van der Waals surface area contributed by atoms with Crippen molar-refractivity contribution in [1.29, 1.82) is 0 Å². The highest BCUT2D eigenvalue weighted by atomic mass is 35.5. The van der Waals surface area contributed by atoms with E-state index in [9.17, 15) is 0 Å². The van der Waals surface area contributed by atoms with Gasteiger partial charge < -0.3 is 13.8 Å². The number of halogens is 1. The summed E-state index contributed by atoms with van der Waals surface area (Å²) < 4.78 is 12.9. The summed E-state index contributed by atoms with van der Waals surface area (Å²) in [5, 5.41) is 12.5. The van der Waals surface area contributed by atoms with Gasteiger partial charge in [-0.05, 0) is 26.0 Å². The molecule has 0 aliphatic heterocycles. The lowest BCUT2D eigenvalue weighted by molar-refractivity contribution is 0.175. The maximum atomic E-state index is 5.75. The highest BCUT2D eigenvalue weighted by molar-refractivity contribution is 6.29. The van der Waals surface area contributed by atoms with Gasteiger partial charge in [0, 0.05) is 19.9 Å². The molecule has 0 fully saturated rings. The van der Waals surface area contributed by atoms with E-state index in [4.69, 9.17) is 20.9 Å². The molecule has 126 valence electrons. The Morgan fingerprint density at radius 3 is 2.79 bits per heavy atom. The first-order valence-electron chi connectivity index (χ1n) is 7.48. The number of aryl methyl sites for hydroxylation is 3. The molecule has 3 heterocycles. The minimum Gasteiger partial charge on any atom is -0.479 e. The van der Waals surface area contributed by atoms with Crippen molar-refractivity contribution in [3.05, 3.63) is 46.8 Å². The molecular formula is C15H17ClN6O2. The molecule has 3 aromatic heterocycles. The third-order valence-electron chi connectivity index (χ3n) is 3.60. The van der Waals surface area contributed by atoms with Crippen LogP contribution in [-0.4, -0.2) is 29.9 Å². The van der Waals surface area contributed by atoms with Crippen LogP contribution < -0.4 is 4.74 Å². The minimum absolute atomic E-state index is 0.383. The third-order valence-corrected chi connectivity index (χ3v) is 3.82. The summed E-state index contributed by atoms with van der Waals surface area (Å²) in [5.41, 5.74) is 0. The van der Waals surface area contributed by atoms with Gasteiger partial charge in [-0.2, -0.15) is 4.98 Å². The van der Waals surface area contributed by atoms with Crippen LogP contribution in [0.5, 0.6) is 5.75 Å². The molecule has 24 heavy (non-hydrogen) atoms. The van der Waals surface area contributed by atoms with Crippen LogP contribution in [-0.2, 0) is 19.9 Å². The summed E-state index contributed by atoms with van der Waals surface area (Å²) >= 11 is 5.75. The Labute approximate surface area is 143 Å². The van der Waals surface area contributed by atoms with Crippen LogP contribution in [0.2, 0.25) is 5.15 Å². The fourth-order valence-corrected chi connectivity index (χ4v) is 2.22. The number of aromatic nitrogens is 6. The average molecular weight is 349 g/mol. The van der Waals surface area contributed by atoms with Crippen LogP contribution >= 0.6 is 11.6 Å². The van der Waals surface area contributed by atoms with E-state index in [1.807, 2.05) is 25.5 Å². The van der Waals surface area contributed by atoms with E-state index < -0.39 is 0 Å². The summed E-state index contributed by atoms with van der Waals surface area (Å²) in [7, 11) is 1.93. The fraction of sp³-hybridized carbons (Fsp3) is 0.400. The number of ether oxygens (including phenoxy) is 1. The quantitative estimate of drug-likeness (QED) is 0.632. The molecule has 0 saturated heterocycles. The molecule has 1 atom stereocenters. The minimum atomic E-state index is -0.383. The second-order valence-electron chi connectivity index (χ2n) is 5.35. The zero-order valence-electron chi connectivity index (χ0n) is 13.6. The van der Waals surface area contributed by atoms with E-state index >= 15 is 0 Å². The van der Waals surface area contributed by atoms with Gasteiger partial charge in [-0.25, -0.2) is 4.98 Å². The van der Waals surface area contributed by atoms with Gasteiger partial charge in [0.05, 0.1) is 6.20 Å². The first-order chi connectivity index (χ1) is 11.5. The van der Waals surface area contributed by atoms with Gasteiger partial charge in [-0.15, -0.1) is 10.2 Å². The van der Waals surface area contributed by atoms with Crippen LogP contribution in [0.15, 0.2) is 22.9 Å². The van der Waals surface area contributed by atoms with Gasteiger partial charge in [0.25, 0.3) is 5.89 Å². The van der Waals surface area contributed by atoms with Gasteiger partial charge in [-0.1, -0.05) is 16.8 Å². The normalized spacial score (nSPS) is 12.3. The van der Waals surface area contributed by atoms with Crippen LogP contribution in [0, 0.1) is 6.92 Å². The van der Waals surface area contributed by atoms with Crippen LogP contribution in [0.3, 0.4) is 0 Å². The van der Waals surface area contributed by atoms with Gasteiger partial charge in [0.15, 0.2) is 11.9 Å². The average Bonchev–Trinajstić information content (AvgIpc) is 3.16. The lowest BCUT2D eigenvalue weighted by atomic mass is 10.3. The first-order valence-corrected chi connectivity index (χ1v) is 7.86. The van der Waals surface area contributed by atoms with Crippen molar-refractivity contribution < 1.29 is 9.26 Å². The number of pyridine rings is 1. The summed E-state index contributed by atoms with van der Waals surface area (Å²) in [4.78, 5) is 8.33. The topological polar surface area (TPSA) is 91.8 Å². The van der Waals surface area contributed by atoms with Crippen molar-refractivity contribution in [2.75, 3.05) is 0 Å². The lowest BCUT2D eigenvalue weighted by Crippen LogP contribution is -2.05. The lowest BCUT2D eigenvalue weighted by Gasteiger charge is -2.09. The molecule has 0 amide bonds. The third kappa shape index (κ3) is 3.70. The summed E-state index contributed by atoms with van der Waals surface area (Å²) in [6, 6.07) is 3.39. The monoisotopic (exact) mass is 348 g/mol. The number of hydrogen-bond donors (Lipinski definition) is 0. The molecule has 8 nitrogen and oxygen atoms in total. The Bertz CT molecular complexity index is 814. The Morgan fingerprint density at radius 1 is 1.29 bits per heavy atom. The molecule has 0 unspecified atom stereocenters. The molecule has 0 aliphatic rings. The highest BCUT2D eigenvalue weighted by Crippen LogP contribution is 2.21. The molecular weight excluding hydrogens is 332 g/mol. The van der Waals surface area contributed by atoms with Crippen molar-refractivity contribution in [3.8, 4) is 5.75 Å².